The van der Waals surface area contributed by atoms with Gasteiger partial charge in [-0.15, -0.1) is 0 Å². The van der Waals surface area contributed by atoms with E-state index in [1.807, 2.05) is 24.3 Å². The van der Waals surface area contributed by atoms with E-state index in [4.69, 9.17) is 5.73 Å². The number of nitrogens with zero attached hydrogens (tertiary/aromatic N) is 1. The lowest BCUT2D eigenvalue weighted by atomic mass is 10.1. The Hall–Kier alpha value is -2.49. The van der Waals surface area contributed by atoms with Gasteiger partial charge < -0.3 is 16.0 Å². The zero-order valence-corrected chi connectivity index (χ0v) is 12.7. The summed E-state index contributed by atoms with van der Waals surface area (Å²) >= 11 is 0. The third kappa shape index (κ3) is 3.34. The molecule has 1 amide bonds. The number of anilines is 3. The fourth-order valence-electron chi connectivity index (χ4n) is 2.18. The molecule has 0 heterocycles. The van der Waals surface area contributed by atoms with Gasteiger partial charge in [0, 0.05) is 25.5 Å². The Balaban J connectivity index is 2.42. The van der Waals surface area contributed by atoms with E-state index in [-0.39, 0.29) is 5.91 Å². The Morgan fingerprint density at radius 3 is 2.52 bits per heavy atom. The van der Waals surface area contributed by atoms with Crippen LogP contribution in [0.25, 0.3) is 0 Å². The van der Waals surface area contributed by atoms with Crippen LogP contribution >= 0.6 is 0 Å². The van der Waals surface area contributed by atoms with Crippen molar-refractivity contribution in [1.29, 1.82) is 0 Å². The zero-order chi connectivity index (χ0) is 15.4. The van der Waals surface area contributed by atoms with Gasteiger partial charge >= 0.3 is 0 Å². The molecular formula is C17H21N3O. The van der Waals surface area contributed by atoms with E-state index in [1.54, 1.807) is 31.1 Å². The number of rotatable bonds is 4. The minimum atomic E-state index is -0.0706. The van der Waals surface area contributed by atoms with Crippen LogP contribution in [0.4, 0.5) is 17.1 Å². The molecule has 0 spiro atoms. The highest BCUT2D eigenvalue weighted by molar-refractivity contribution is 6.01. The number of benzene rings is 2. The van der Waals surface area contributed by atoms with E-state index >= 15 is 0 Å². The monoisotopic (exact) mass is 283 g/mol. The quantitative estimate of drug-likeness (QED) is 0.847. The van der Waals surface area contributed by atoms with Crippen LogP contribution in [0.3, 0.4) is 0 Å². The maximum absolute atomic E-state index is 12.3. The molecule has 21 heavy (non-hydrogen) atoms. The summed E-state index contributed by atoms with van der Waals surface area (Å²) < 4.78 is 0. The first kappa shape index (κ1) is 14.9. The van der Waals surface area contributed by atoms with Crippen molar-refractivity contribution in [1.82, 2.24) is 4.90 Å². The summed E-state index contributed by atoms with van der Waals surface area (Å²) in [6.07, 6.45) is 0.926. The molecule has 0 saturated carbocycles. The van der Waals surface area contributed by atoms with Crippen LogP contribution in [0.15, 0.2) is 42.5 Å². The van der Waals surface area contributed by atoms with Gasteiger partial charge in [-0.25, -0.2) is 0 Å². The molecule has 2 rings (SSSR count). The Morgan fingerprint density at radius 1 is 1.14 bits per heavy atom. The van der Waals surface area contributed by atoms with Crippen molar-refractivity contribution in [3.05, 3.63) is 53.6 Å². The topological polar surface area (TPSA) is 58.4 Å². The third-order valence-electron chi connectivity index (χ3n) is 3.35. The van der Waals surface area contributed by atoms with Crippen LogP contribution < -0.4 is 11.1 Å². The van der Waals surface area contributed by atoms with Crippen molar-refractivity contribution < 1.29 is 4.79 Å². The Bertz CT molecular complexity index is 650. The Morgan fingerprint density at radius 2 is 1.86 bits per heavy atom. The maximum Gasteiger partial charge on any atom is 0.255 e. The van der Waals surface area contributed by atoms with Crippen molar-refractivity contribution in [2.75, 3.05) is 25.1 Å². The normalized spacial score (nSPS) is 10.2. The molecule has 2 aromatic carbocycles. The van der Waals surface area contributed by atoms with Gasteiger partial charge in [-0.2, -0.15) is 0 Å². The van der Waals surface area contributed by atoms with Gasteiger partial charge in [0.05, 0.1) is 11.3 Å². The lowest BCUT2D eigenvalue weighted by molar-refractivity contribution is 0.0828. The number of nitrogens with one attached hydrogen (secondary N) is 1. The molecule has 0 radical (unpaired) electrons. The van der Waals surface area contributed by atoms with Crippen LogP contribution in [-0.2, 0) is 6.42 Å². The molecule has 0 aliphatic carbocycles. The summed E-state index contributed by atoms with van der Waals surface area (Å²) in [5, 5.41) is 3.35. The van der Waals surface area contributed by atoms with Crippen LogP contribution in [0.2, 0.25) is 0 Å². The number of nitrogen functional groups attached to an aromatic ring is 1. The number of hydrogen-bond donors (Lipinski definition) is 2. The zero-order valence-electron chi connectivity index (χ0n) is 12.7. The predicted molar refractivity (Wildman–Crippen MR) is 88.0 cm³/mol. The molecule has 0 bridgehead atoms. The summed E-state index contributed by atoms with van der Waals surface area (Å²) in [6.45, 7) is 2.11. The first-order valence-corrected chi connectivity index (χ1v) is 6.99. The highest BCUT2D eigenvalue weighted by Crippen LogP contribution is 2.26. The number of nitrogens with two attached hydrogens (primary N) is 1. The second-order valence-electron chi connectivity index (χ2n) is 5.14. The first-order chi connectivity index (χ1) is 10.0. The number of para-hydroxylation sites is 1. The van der Waals surface area contributed by atoms with Gasteiger partial charge in [-0.3, -0.25) is 4.79 Å². The second-order valence-corrected chi connectivity index (χ2v) is 5.14. The molecule has 4 heteroatoms. The molecule has 4 nitrogen and oxygen atoms in total. The van der Waals surface area contributed by atoms with Crippen molar-refractivity contribution in [2.45, 2.75) is 13.3 Å². The van der Waals surface area contributed by atoms with Crippen LogP contribution in [0.1, 0.15) is 22.8 Å². The molecule has 0 aromatic heterocycles. The summed E-state index contributed by atoms with van der Waals surface area (Å²) in [4.78, 5) is 13.8. The fraction of sp³-hybridized carbons (Fsp3) is 0.235. The van der Waals surface area contributed by atoms with Gasteiger partial charge in [-0.1, -0.05) is 25.1 Å². The minimum absolute atomic E-state index is 0.0706. The molecule has 0 fully saturated rings. The van der Waals surface area contributed by atoms with Gasteiger partial charge in [0.1, 0.15) is 0 Å². The highest BCUT2D eigenvalue weighted by atomic mass is 16.2. The van der Waals surface area contributed by atoms with Crippen LogP contribution in [-0.4, -0.2) is 24.9 Å². The van der Waals surface area contributed by atoms with Gasteiger partial charge in [-0.05, 0) is 36.2 Å². The smallest absolute Gasteiger partial charge is 0.255 e. The number of carbonyl (C=O) groups excluding carboxylic acids is 1. The fourth-order valence-corrected chi connectivity index (χ4v) is 2.18. The summed E-state index contributed by atoms with van der Waals surface area (Å²) in [5.74, 6) is -0.0706. The lowest BCUT2D eigenvalue weighted by Crippen LogP contribution is -2.22. The van der Waals surface area contributed by atoms with Crippen molar-refractivity contribution >= 4 is 23.0 Å². The van der Waals surface area contributed by atoms with E-state index in [1.165, 1.54) is 5.56 Å². The summed E-state index contributed by atoms with van der Waals surface area (Å²) in [7, 11) is 3.46. The standard InChI is InChI=1S/C17H21N3O/c1-4-12-7-5-6-8-15(12)19-16-10-9-13(18)11-14(16)17(21)20(2)3/h5-11,19H,4,18H2,1-3H3. The molecule has 3 N–H and O–H groups in total. The molecule has 0 aliphatic rings. The van der Waals surface area contributed by atoms with Gasteiger partial charge in [0.25, 0.3) is 5.91 Å². The predicted octanol–water partition coefficient (Wildman–Crippen LogP) is 3.28. The molecule has 0 saturated heterocycles. The number of hydrogen-bond acceptors (Lipinski definition) is 3. The van der Waals surface area contributed by atoms with E-state index in [2.05, 4.69) is 18.3 Å². The van der Waals surface area contributed by atoms with Crippen LogP contribution in [0, 0.1) is 0 Å². The number of amides is 1. The van der Waals surface area contributed by atoms with E-state index in [9.17, 15) is 4.79 Å². The number of carbonyl (C=O) groups is 1. The average Bonchev–Trinajstić information content (AvgIpc) is 2.48. The first-order valence-electron chi connectivity index (χ1n) is 6.99. The Kier molecular flexibility index (Phi) is 4.48. The summed E-state index contributed by atoms with van der Waals surface area (Å²) in [5.41, 5.74) is 9.95. The third-order valence-corrected chi connectivity index (χ3v) is 3.35. The maximum atomic E-state index is 12.3. The van der Waals surface area contributed by atoms with Gasteiger partial charge in [0.2, 0.25) is 0 Å². The van der Waals surface area contributed by atoms with Crippen molar-refractivity contribution in [3.63, 3.8) is 0 Å². The minimum Gasteiger partial charge on any atom is -0.399 e. The molecule has 0 aliphatic heterocycles. The van der Waals surface area contributed by atoms with Crippen molar-refractivity contribution in [2.24, 2.45) is 0 Å². The highest BCUT2D eigenvalue weighted by Gasteiger charge is 2.14. The molecule has 110 valence electrons. The lowest BCUT2D eigenvalue weighted by Gasteiger charge is -2.17. The average molecular weight is 283 g/mol. The Labute approximate surface area is 125 Å². The molecule has 0 atom stereocenters. The van der Waals surface area contributed by atoms with Crippen molar-refractivity contribution in [3.8, 4) is 0 Å². The molecular weight excluding hydrogens is 262 g/mol. The number of aryl methyl sites for hydroxylation is 1. The summed E-state index contributed by atoms with van der Waals surface area (Å²) in [6, 6.07) is 13.4. The largest absolute Gasteiger partial charge is 0.399 e. The van der Waals surface area contributed by atoms with E-state index in [0.29, 0.717) is 11.3 Å². The van der Waals surface area contributed by atoms with E-state index < -0.39 is 0 Å². The molecule has 2 aromatic rings. The SMILES string of the molecule is CCc1ccccc1Nc1ccc(N)cc1C(=O)N(C)C. The second kappa shape index (κ2) is 6.31. The van der Waals surface area contributed by atoms with E-state index in [0.717, 1.165) is 17.8 Å². The van der Waals surface area contributed by atoms with Gasteiger partial charge in [0.15, 0.2) is 0 Å². The van der Waals surface area contributed by atoms with Crippen LogP contribution in [0.5, 0.6) is 0 Å². The molecule has 0 unspecified atom stereocenters.